The van der Waals surface area contributed by atoms with Crippen molar-refractivity contribution in [3.05, 3.63) is 0 Å². The van der Waals surface area contributed by atoms with Gasteiger partial charge in [0.15, 0.2) is 0 Å². The molecule has 0 aliphatic rings. The monoisotopic (exact) mass is 202 g/mol. The van der Waals surface area contributed by atoms with Gasteiger partial charge in [0.2, 0.25) is 0 Å². The molecule has 0 heterocycles. The predicted molar refractivity (Wildman–Crippen MR) is 40.0 cm³/mol. The topological polar surface area (TPSA) is 89.5 Å². The molecule has 0 rings (SSSR count). The van der Waals surface area contributed by atoms with Crippen molar-refractivity contribution in [1.82, 2.24) is 0 Å². The SMILES string of the molecule is COP(C)(=O)[O-].CP(C)(=O)[O-]. The Labute approximate surface area is 66.4 Å². The minimum Gasteiger partial charge on any atom is -0.800 e. The smallest absolute Gasteiger partial charge is 0.131 e. The van der Waals surface area contributed by atoms with Gasteiger partial charge in [-0.25, -0.2) is 0 Å². The van der Waals surface area contributed by atoms with E-state index < -0.39 is 15.0 Å². The molecular formula is C4H12O5P2-2. The van der Waals surface area contributed by atoms with Gasteiger partial charge in [-0.05, 0) is 13.3 Å². The van der Waals surface area contributed by atoms with Crippen molar-refractivity contribution in [3.8, 4) is 0 Å². The second kappa shape index (κ2) is 5.07. The molecule has 0 N–H and O–H groups in total. The quantitative estimate of drug-likeness (QED) is 0.544. The van der Waals surface area contributed by atoms with Gasteiger partial charge < -0.3 is 23.4 Å². The highest BCUT2D eigenvalue weighted by atomic mass is 31.2. The van der Waals surface area contributed by atoms with Crippen molar-refractivity contribution in [1.29, 1.82) is 0 Å². The molecule has 0 aromatic rings. The predicted octanol–water partition coefficient (Wildman–Crippen LogP) is -0.300. The summed E-state index contributed by atoms with van der Waals surface area (Å²) in [5, 5.41) is 0. The Morgan fingerprint density at radius 2 is 1.18 bits per heavy atom. The molecule has 0 saturated carbocycles. The second-order valence-corrected chi connectivity index (χ2v) is 6.62. The summed E-state index contributed by atoms with van der Waals surface area (Å²) < 4.78 is 23.4. The maximum Gasteiger partial charge on any atom is 0.131 e. The molecule has 0 aliphatic carbocycles. The van der Waals surface area contributed by atoms with Crippen LogP contribution in [0.2, 0.25) is 0 Å². The summed E-state index contributed by atoms with van der Waals surface area (Å²) in [7, 11) is -5.15. The van der Waals surface area contributed by atoms with Crippen LogP contribution >= 0.6 is 15.0 Å². The fourth-order valence-corrected chi connectivity index (χ4v) is 0. The molecule has 0 spiro atoms. The molecule has 7 heteroatoms. The van der Waals surface area contributed by atoms with Crippen molar-refractivity contribution < 1.29 is 23.4 Å². The minimum absolute atomic E-state index is 1.02. The first kappa shape index (κ1) is 13.9. The highest BCUT2D eigenvalue weighted by molar-refractivity contribution is 7.54. The van der Waals surface area contributed by atoms with E-state index in [0.29, 0.717) is 0 Å². The summed E-state index contributed by atoms with van der Waals surface area (Å²) >= 11 is 0. The molecule has 0 amide bonds. The van der Waals surface area contributed by atoms with Crippen LogP contribution in [0.25, 0.3) is 0 Å². The fourth-order valence-electron chi connectivity index (χ4n) is 0. The first-order valence-corrected chi connectivity index (χ1v) is 7.17. The Bertz CT molecular complexity index is 169. The highest BCUT2D eigenvalue weighted by Gasteiger charge is 1.87. The average molecular weight is 202 g/mol. The van der Waals surface area contributed by atoms with Crippen molar-refractivity contribution >= 4 is 15.0 Å². The van der Waals surface area contributed by atoms with Crippen molar-refractivity contribution in [2.24, 2.45) is 0 Å². The molecular weight excluding hydrogens is 190 g/mol. The Balaban J connectivity index is 0. The molecule has 0 radical (unpaired) electrons. The molecule has 11 heavy (non-hydrogen) atoms. The lowest BCUT2D eigenvalue weighted by Crippen LogP contribution is -1.98. The van der Waals surface area contributed by atoms with Crippen LogP contribution in [0.3, 0.4) is 0 Å². The van der Waals surface area contributed by atoms with E-state index in [0.717, 1.165) is 13.8 Å². The van der Waals surface area contributed by atoms with Gasteiger partial charge in [-0.2, -0.15) is 0 Å². The Hall–Kier alpha value is 0.340. The Morgan fingerprint density at radius 3 is 1.18 bits per heavy atom. The number of rotatable bonds is 1. The molecule has 1 atom stereocenters. The molecule has 5 nitrogen and oxygen atoms in total. The van der Waals surface area contributed by atoms with E-state index in [-0.39, 0.29) is 0 Å². The third kappa shape index (κ3) is 64.5. The molecule has 0 fully saturated rings. The zero-order valence-electron chi connectivity index (χ0n) is 6.94. The fraction of sp³-hybridized carbons (Fsp3) is 1.00. The molecule has 0 aromatic heterocycles. The van der Waals surface area contributed by atoms with Gasteiger partial charge >= 0.3 is 0 Å². The average Bonchev–Trinajstić information content (AvgIpc) is 1.59. The van der Waals surface area contributed by atoms with Gasteiger partial charge in [0.05, 0.1) is 0 Å². The lowest BCUT2D eigenvalue weighted by atomic mass is 11.8. The van der Waals surface area contributed by atoms with Crippen LogP contribution in [0, 0.1) is 0 Å². The lowest BCUT2D eigenvalue weighted by molar-refractivity contribution is -0.194. The molecule has 1 unspecified atom stereocenters. The number of hydrogen-bond acceptors (Lipinski definition) is 5. The first-order valence-electron chi connectivity index (χ1n) is 2.66. The standard InChI is InChI=1S/C2H7O3P.C2H7O2P/c1-5-6(2,3)4;1-5(2,3)4/h1-2H3,(H,3,4);1-2H3,(H,3,4)/p-2. The first-order chi connectivity index (χ1) is 4.56. The van der Waals surface area contributed by atoms with Gasteiger partial charge in [-0.15, -0.1) is 0 Å². The van der Waals surface area contributed by atoms with Crippen LogP contribution in [0.5, 0.6) is 0 Å². The van der Waals surface area contributed by atoms with Gasteiger partial charge in [-0.1, -0.05) is 0 Å². The maximum atomic E-state index is 9.81. The van der Waals surface area contributed by atoms with Gasteiger partial charge in [-0.3, -0.25) is 0 Å². The third-order valence-electron chi connectivity index (χ3n) is 0.332. The summed E-state index contributed by atoms with van der Waals surface area (Å²) in [6.45, 7) is 3.40. The van der Waals surface area contributed by atoms with Crippen LogP contribution in [0.1, 0.15) is 0 Å². The molecule has 70 valence electrons. The highest BCUT2D eigenvalue weighted by Crippen LogP contribution is 2.28. The summed E-state index contributed by atoms with van der Waals surface area (Å²) in [6.07, 6.45) is 0. The largest absolute Gasteiger partial charge is 0.800 e. The third-order valence-corrected chi connectivity index (χ3v) is 0.995. The van der Waals surface area contributed by atoms with Gasteiger partial charge in [0, 0.05) is 21.1 Å². The molecule has 0 aromatic carbocycles. The molecule has 0 bridgehead atoms. The molecule has 0 aliphatic heterocycles. The van der Waals surface area contributed by atoms with Crippen molar-refractivity contribution in [2.75, 3.05) is 27.1 Å². The van der Waals surface area contributed by atoms with Crippen LogP contribution in [-0.4, -0.2) is 27.1 Å². The minimum atomic E-state index is -3.40. The van der Waals surface area contributed by atoms with E-state index in [9.17, 15) is 18.9 Å². The van der Waals surface area contributed by atoms with Gasteiger partial charge in [0.1, 0.15) is 7.60 Å². The van der Waals surface area contributed by atoms with E-state index in [2.05, 4.69) is 4.52 Å². The summed E-state index contributed by atoms with van der Waals surface area (Å²) in [6, 6.07) is 0. The summed E-state index contributed by atoms with van der Waals surface area (Å²) in [4.78, 5) is 19.5. The Morgan fingerprint density at radius 1 is 1.09 bits per heavy atom. The van der Waals surface area contributed by atoms with E-state index in [4.69, 9.17) is 0 Å². The summed E-state index contributed by atoms with van der Waals surface area (Å²) in [5.41, 5.74) is 0. The lowest BCUT2D eigenvalue weighted by Gasteiger charge is -2.12. The van der Waals surface area contributed by atoms with Crippen LogP contribution in [0.15, 0.2) is 0 Å². The van der Waals surface area contributed by atoms with Crippen molar-refractivity contribution in [3.63, 3.8) is 0 Å². The maximum absolute atomic E-state index is 9.81. The van der Waals surface area contributed by atoms with Crippen LogP contribution in [-0.2, 0) is 13.7 Å². The van der Waals surface area contributed by atoms with Crippen LogP contribution < -0.4 is 9.79 Å². The van der Waals surface area contributed by atoms with E-state index in [1.165, 1.54) is 13.3 Å². The zero-order valence-corrected chi connectivity index (χ0v) is 8.72. The van der Waals surface area contributed by atoms with Gasteiger partial charge in [0.25, 0.3) is 0 Å². The van der Waals surface area contributed by atoms with Crippen LogP contribution in [0.4, 0.5) is 0 Å². The number of hydrogen-bond donors (Lipinski definition) is 0. The van der Waals surface area contributed by atoms with E-state index in [1.807, 2.05) is 0 Å². The normalized spacial score (nSPS) is 16.2. The van der Waals surface area contributed by atoms with E-state index >= 15 is 0 Å². The zero-order chi connectivity index (χ0) is 9.71. The van der Waals surface area contributed by atoms with Crippen molar-refractivity contribution in [2.45, 2.75) is 0 Å². The second-order valence-electron chi connectivity index (χ2n) is 2.21. The summed E-state index contributed by atoms with van der Waals surface area (Å²) in [5.74, 6) is 0. The molecule has 0 saturated heterocycles. The van der Waals surface area contributed by atoms with E-state index in [1.54, 1.807) is 0 Å². The Kier molecular flexibility index (Phi) is 6.40.